The minimum absolute atomic E-state index is 0.112. The van der Waals surface area contributed by atoms with Gasteiger partial charge in [-0.15, -0.1) is 0 Å². The highest BCUT2D eigenvalue weighted by Gasteiger charge is 2.41. The molecule has 2 heterocycles. The molecular weight excluding hydrogens is 461 g/mol. The van der Waals surface area contributed by atoms with Crippen molar-refractivity contribution in [2.45, 2.75) is 13.0 Å². The summed E-state index contributed by atoms with van der Waals surface area (Å²) in [6.07, 6.45) is 3.15. The standard InChI is InChI=1S/C25H27ClFN3O4/c1-15(31)28-22-10-21(26)23(33-2)9-16(22)3-8-24(32)30-11-17-13-34-14-18(12-30)25(17)29-20-6-4-19(27)5-7-20/h3-10,17-18,25,29H,11-14H2,1-2H3,(H,28,31)/b8-3+/t17-,18+,25?. The van der Waals surface area contributed by atoms with Gasteiger partial charge in [0, 0.05) is 60.9 Å². The molecule has 0 aliphatic carbocycles. The summed E-state index contributed by atoms with van der Waals surface area (Å²) in [6.45, 7) is 3.58. The van der Waals surface area contributed by atoms with Crippen molar-refractivity contribution >= 4 is 40.9 Å². The predicted molar refractivity (Wildman–Crippen MR) is 130 cm³/mol. The summed E-state index contributed by atoms with van der Waals surface area (Å²) in [5.74, 6) is 0.0232. The highest BCUT2D eigenvalue weighted by molar-refractivity contribution is 6.32. The van der Waals surface area contributed by atoms with Gasteiger partial charge in [-0.25, -0.2) is 4.39 Å². The first-order chi connectivity index (χ1) is 16.3. The van der Waals surface area contributed by atoms with Crippen LogP contribution in [0.1, 0.15) is 12.5 Å². The normalized spacial score (nSPS) is 21.9. The summed E-state index contributed by atoms with van der Waals surface area (Å²) in [7, 11) is 1.50. The number of likely N-dealkylation sites (tertiary alicyclic amines) is 1. The summed E-state index contributed by atoms with van der Waals surface area (Å²) in [6, 6.07) is 9.72. The molecule has 2 fully saturated rings. The van der Waals surface area contributed by atoms with E-state index in [0.717, 1.165) is 5.69 Å². The Hall–Kier alpha value is -3.10. The maximum atomic E-state index is 13.2. The molecule has 2 aromatic rings. The lowest BCUT2D eigenvalue weighted by atomic mass is 9.82. The molecule has 0 saturated carbocycles. The van der Waals surface area contributed by atoms with Crippen molar-refractivity contribution in [2.24, 2.45) is 11.8 Å². The van der Waals surface area contributed by atoms with E-state index < -0.39 is 0 Å². The molecule has 2 amide bonds. The Morgan fingerprint density at radius 2 is 1.85 bits per heavy atom. The molecule has 2 aliphatic rings. The Bertz CT molecular complexity index is 1080. The predicted octanol–water partition coefficient (Wildman–Crippen LogP) is 4.04. The Kier molecular flexibility index (Phi) is 7.38. The van der Waals surface area contributed by atoms with Crippen molar-refractivity contribution in [3.05, 3.63) is 58.9 Å². The molecule has 2 aliphatic heterocycles. The average molecular weight is 488 g/mol. The van der Waals surface area contributed by atoms with E-state index in [1.165, 1.54) is 32.2 Å². The summed E-state index contributed by atoms with van der Waals surface area (Å²) in [4.78, 5) is 26.5. The number of piperidine rings is 1. The largest absolute Gasteiger partial charge is 0.495 e. The fourth-order valence-electron chi connectivity index (χ4n) is 4.52. The number of hydrogen-bond acceptors (Lipinski definition) is 5. The zero-order chi connectivity index (χ0) is 24.2. The van der Waals surface area contributed by atoms with Crippen LogP contribution in [0, 0.1) is 17.7 Å². The highest BCUT2D eigenvalue weighted by Crippen LogP contribution is 2.33. The third-order valence-corrected chi connectivity index (χ3v) is 6.41. The van der Waals surface area contributed by atoms with Crippen molar-refractivity contribution in [3.8, 4) is 5.75 Å². The molecule has 2 bridgehead atoms. The number of carbonyl (C=O) groups is 2. The monoisotopic (exact) mass is 487 g/mol. The maximum absolute atomic E-state index is 13.2. The third kappa shape index (κ3) is 5.51. The van der Waals surface area contributed by atoms with Crippen LogP contribution >= 0.6 is 11.6 Å². The van der Waals surface area contributed by atoms with E-state index in [9.17, 15) is 14.0 Å². The van der Waals surface area contributed by atoms with Crippen molar-refractivity contribution in [2.75, 3.05) is 44.0 Å². The van der Waals surface area contributed by atoms with E-state index in [-0.39, 0.29) is 35.5 Å². The number of hydrogen-bond donors (Lipinski definition) is 2. The van der Waals surface area contributed by atoms with Crippen molar-refractivity contribution < 1.29 is 23.5 Å². The Labute approximate surface area is 202 Å². The van der Waals surface area contributed by atoms with Crippen LogP contribution in [0.4, 0.5) is 15.8 Å². The van der Waals surface area contributed by atoms with Gasteiger partial charge in [0.1, 0.15) is 11.6 Å². The van der Waals surface area contributed by atoms with Gasteiger partial charge >= 0.3 is 0 Å². The molecule has 34 heavy (non-hydrogen) atoms. The SMILES string of the molecule is COc1cc(/C=C/C(=O)N2C[C@H]3COC[C@@H](C2)C3Nc2ccc(F)cc2)c(NC(C)=O)cc1Cl. The first-order valence-electron chi connectivity index (χ1n) is 11.1. The fourth-order valence-corrected chi connectivity index (χ4v) is 4.76. The molecule has 0 spiro atoms. The molecular formula is C25H27ClFN3O4. The van der Waals surface area contributed by atoms with Crippen molar-refractivity contribution in [1.29, 1.82) is 0 Å². The number of fused-ring (bicyclic) bond motifs is 2. The van der Waals surface area contributed by atoms with E-state index >= 15 is 0 Å². The molecule has 180 valence electrons. The van der Waals surface area contributed by atoms with Gasteiger partial charge in [-0.1, -0.05) is 11.6 Å². The molecule has 4 rings (SSSR count). The molecule has 1 unspecified atom stereocenters. The smallest absolute Gasteiger partial charge is 0.246 e. The average Bonchev–Trinajstić information content (AvgIpc) is 2.79. The van der Waals surface area contributed by atoms with E-state index in [2.05, 4.69) is 10.6 Å². The lowest BCUT2D eigenvalue weighted by molar-refractivity contribution is -0.133. The zero-order valence-electron chi connectivity index (χ0n) is 19.0. The Morgan fingerprint density at radius 3 is 2.47 bits per heavy atom. The lowest BCUT2D eigenvalue weighted by Gasteiger charge is -2.47. The summed E-state index contributed by atoms with van der Waals surface area (Å²) in [5.41, 5.74) is 1.96. The minimum Gasteiger partial charge on any atom is -0.495 e. The fraction of sp³-hybridized carbons (Fsp3) is 0.360. The number of anilines is 2. The molecule has 7 nitrogen and oxygen atoms in total. The van der Waals surface area contributed by atoms with Gasteiger partial charge in [0.25, 0.3) is 0 Å². The van der Waals surface area contributed by atoms with Gasteiger partial charge in [-0.2, -0.15) is 0 Å². The molecule has 0 radical (unpaired) electrons. The molecule has 2 saturated heterocycles. The number of ether oxygens (including phenoxy) is 2. The van der Waals surface area contributed by atoms with Gasteiger partial charge in [0.2, 0.25) is 11.8 Å². The molecule has 9 heteroatoms. The van der Waals surface area contributed by atoms with Crippen LogP contribution in [-0.2, 0) is 14.3 Å². The van der Waals surface area contributed by atoms with Crippen LogP contribution in [0.25, 0.3) is 6.08 Å². The number of carbonyl (C=O) groups excluding carboxylic acids is 2. The second kappa shape index (κ2) is 10.4. The van der Waals surface area contributed by atoms with Crippen LogP contribution in [-0.4, -0.2) is 56.2 Å². The first-order valence-corrected chi connectivity index (χ1v) is 11.4. The number of nitrogens with zero attached hydrogens (tertiary/aromatic N) is 1. The molecule has 3 atom stereocenters. The minimum atomic E-state index is -0.277. The highest BCUT2D eigenvalue weighted by atomic mass is 35.5. The first kappa shape index (κ1) is 24.0. The lowest BCUT2D eigenvalue weighted by Crippen LogP contribution is -2.59. The quantitative estimate of drug-likeness (QED) is 0.601. The van der Waals surface area contributed by atoms with E-state index in [1.807, 2.05) is 4.90 Å². The van der Waals surface area contributed by atoms with Crippen LogP contribution in [0.2, 0.25) is 5.02 Å². The topological polar surface area (TPSA) is 79.9 Å². The van der Waals surface area contributed by atoms with E-state index in [0.29, 0.717) is 48.3 Å². The van der Waals surface area contributed by atoms with Gasteiger partial charge < -0.3 is 25.0 Å². The van der Waals surface area contributed by atoms with E-state index in [1.54, 1.807) is 30.3 Å². The Balaban J connectivity index is 1.47. The molecule has 2 N–H and O–H groups in total. The van der Waals surface area contributed by atoms with Gasteiger partial charge in [-0.3, -0.25) is 9.59 Å². The number of amides is 2. The number of halogens is 2. The number of methoxy groups -OCH3 is 1. The van der Waals surface area contributed by atoms with Gasteiger partial charge in [-0.05, 0) is 42.5 Å². The third-order valence-electron chi connectivity index (χ3n) is 6.12. The zero-order valence-corrected chi connectivity index (χ0v) is 19.8. The summed E-state index contributed by atoms with van der Waals surface area (Å²) in [5, 5.41) is 6.59. The Morgan fingerprint density at radius 1 is 1.18 bits per heavy atom. The molecule has 2 aromatic carbocycles. The number of rotatable bonds is 6. The van der Waals surface area contributed by atoms with Crippen LogP contribution < -0.4 is 15.4 Å². The second-order valence-corrected chi connectivity index (χ2v) is 8.97. The van der Waals surface area contributed by atoms with Crippen LogP contribution in [0.15, 0.2) is 42.5 Å². The second-order valence-electron chi connectivity index (χ2n) is 8.57. The van der Waals surface area contributed by atoms with Crippen molar-refractivity contribution in [3.63, 3.8) is 0 Å². The van der Waals surface area contributed by atoms with Crippen LogP contribution in [0.5, 0.6) is 5.75 Å². The van der Waals surface area contributed by atoms with Gasteiger partial charge in [0.05, 0.1) is 25.3 Å². The summed E-state index contributed by atoms with van der Waals surface area (Å²) >= 11 is 6.19. The van der Waals surface area contributed by atoms with E-state index in [4.69, 9.17) is 21.1 Å². The number of nitrogens with one attached hydrogen (secondary N) is 2. The van der Waals surface area contributed by atoms with Gasteiger partial charge in [0.15, 0.2) is 0 Å². The maximum Gasteiger partial charge on any atom is 0.246 e. The number of benzene rings is 2. The van der Waals surface area contributed by atoms with Crippen molar-refractivity contribution in [1.82, 2.24) is 4.90 Å². The summed E-state index contributed by atoms with van der Waals surface area (Å²) < 4.78 is 24.3. The molecule has 0 aromatic heterocycles. The van der Waals surface area contributed by atoms with Crippen LogP contribution in [0.3, 0.4) is 0 Å².